The molecule has 1 saturated carbocycles. The lowest BCUT2D eigenvalue weighted by molar-refractivity contribution is -0.117. The SMILES string of the molecule is O=C(CN1CCN(Cc2cc(C3CC3)on2)CC1)Nc1ccc2c(c1)OCCO2. The molecule has 1 aliphatic carbocycles. The first-order valence-electron chi connectivity index (χ1n) is 10.3. The zero-order chi connectivity index (χ0) is 19.6. The Morgan fingerprint density at radius 2 is 1.79 bits per heavy atom. The highest BCUT2D eigenvalue weighted by atomic mass is 16.6. The Labute approximate surface area is 169 Å². The van der Waals surface area contributed by atoms with E-state index in [1.165, 1.54) is 12.8 Å². The molecule has 2 aromatic rings. The van der Waals surface area contributed by atoms with Crippen LogP contribution in [0.2, 0.25) is 0 Å². The maximum Gasteiger partial charge on any atom is 0.238 e. The Morgan fingerprint density at radius 3 is 2.59 bits per heavy atom. The van der Waals surface area contributed by atoms with E-state index in [4.69, 9.17) is 14.0 Å². The van der Waals surface area contributed by atoms with Crippen LogP contribution in [0.5, 0.6) is 11.5 Å². The summed E-state index contributed by atoms with van der Waals surface area (Å²) in [5, 5.41) is 7.16. The number of fused-ring (bicyclic) bond motifs is 1. The Morgan fingerprint density at radius 1 is 1.03 bits per heavy atom. The summed E-state index contributed by atoms with van der Waals surface area (Å²) in [7, 11) is 0. The Bertz CT molecular complexity index is 871. The first-order valence-corrected chi connectivity index (χ1v) is 10.3. The number of ether oxygens (including phenoxy) is 2. The van der Waals surface area contributed by atoms with E-state index in [2.05, 4.69) is 26.3 Å². The Kier molecular flexibility index (Phi) is 5.12. The van der Waals surface area contributed by atoms with Gasteiger partial charge in [-0.25, -0.2) is 0 Å². The molecule has 0 spiro atoms. The van der Waals surface area contributed by atoms with Crippen LogP contribution >= 0.6 is 0 Å². The van der Waals surface area contributed by atoms with E-state index in [-0.39, 0.29) is 5.91 Å². The molecule has 5 rings (SSSR count). The van der Waals surface area contributed by atoms with Crippen molar-refractivity contribution in [2.75, 3.05) is 51.3 Å². The molecule has 2 fully saturated rings. The highest BCUT2D eigenvalue weighted by Crippen LogP contribution is 2.40. The molecule has 3 heterocycles. The topological polar surface area (TPSA) is 80.1 Å². The van der Waals surface area contributed by atoms with E-state index in [9.17, 15) is 4.79 Å². The normalized spacial score (nSPS) is 19.9. The number of hydrogen-bond donors (Lipinski definition) is 1. The molecule has 2 aliphatic heterocycles. The van der Waals surface area contributed by atoms with E-state index in [1.807, 2.05) is 18.2 Å². The molecule has 3 aliphatic rings. The van der Waals surface area contributed by atoms with Crippen molar-refractivity contribution < 1.29 is 18.8 Å². The van der Waals surface area contributed by atoms with Gasteiger partial charge in [-0.2, -0.15) is 0 Å². The van der Waals surface area contributed by atoms with Gasteiger partial charge >= 0.3 is 0 Å². The quantitative estimate of drug-likeness (QED) is 0.798. The molecule has 8 nitrogen and oxygen atoms in total. The van der Waals surface area contributed by atoms with Gasteiger partial charge in [0.15, 0.2) is 11.5 Å². The fourth-order valence-corrected chi connectivity index (χ4v) is 3.82. The smallest absolute Gasteiger partial charge is 0.238 e. The zero-order valence-electron chi connectivity index (χ0n) is 16.4. The van der Waals surface area contributed by atoms with Crippen LogP contribution in [0.1, 0.15) is 30.2 Å². The van der Waals surface area contributed by atoms with Gasteiger partial charge in [-0.1, -0.05) is 5.16 Å². The standard InChI is InChI=1S/C21H26N4O4/c26-21(22-16-3-4-18-20(11-16)28-10-9-27-18)14-25-7-5-24(6-8-25)13-17-12-19(29-23-17)15-1-2-15/h3-4,11-12,15H,1-2,5-10,13-14H2,(H,22,26). The number of hydrogen-bond acceptors (Lipinski definition) is 7. The van der Waals surface area contributed by atoms with Crippen molar-refractivity contribution in [1.82, 2.24) is 15.0 Å². The summed E-state index contributed by atoms with van der Waals surface area (Å²) in [6, 6.07) is 7.60. The minimum absolute atomic E-state index is 0.0132. The van der Waals surface area contributed by atoms with Gasteiger partial charge in [0.2, 0.25) is 5.91 Å². The van der Waals surface area contributed by atoms with Crippen LogP contribution in [0.15, 0.2) is 28.8 Å². The summed E-state index contributed by atoms with van der Waals surface area (Å²) in [6.45, 7) is 5.86. The molecule has 0 unspecified atom stereocenters. The van der Waals surface area contributed by atoms with Gasteiger partial charge in [0.05, 0.1) is 12.2 Å². The third kappa shape index (κ3) is 4.54. The predicted molar refractivity (Wildman–Crippen MR) is 106 cm³/mol. The molecule has 1 aromatic carbocycles. The lowest BCUT2D eigenvalue weighted by atomic mass is 10.2. The number of nitrogens with zero attached hydrogens (tertiary/aromatic N) is 3. The van der Waals surface area contributed by atoms with Crippen LogP contribution in [0.4, 0.5) is 5.69 Å². The Hall–Kier alpha value is -2.58. The van der Waals surface area contributed by atoms with Gasteiger partial charge in [0.25, 0.3) is 0 Å². The van der Waals surface area contributed by atoms with E-state index in [1.54, 1.807) is 0 Å². The van der Waals surface area contributed by atoms with Crippen molar-refractivity contribution in [3.05, 3.63) is 35.7 Å². The van der Waals surface area contributed by atoms with Crippen LogP contribution in [0.25, 0.3) is 0 Å². The predicted octanol–water partition coefficient (Wildman–Crippen LogP) is 2.08. The second kappa shape index (κ2) is 8.04. The number of aromatic nitrogens is 1. The summed E-state index contributed by atoms with van der Waals surface area (Å²) in [5.74, 6) is 3.03. The van der Waals surface area contributed by atoms with E-state index < -0.39 is 0 Å². The number of piperazine rings is 1. The van der Waals surface area contributed by atoms with E-state index in [0.29, 0.717) is 31.4 Å². The van der Waals surface area contributed by atoms with Gasteiger partial charge < -0.3 is 19.3 Å². The largest absolute Gasteiger partial charge is 0.486 e. The maximum atomic E-state index is 12.4. The minimum Gasteiger partial charge on any atom is -0.486 e. The van der Waals surface area contributed by atoms with E-state index in [0.717, 1.165) is 55.6 Å². The first kappa shape index (κ1) is 18.4. The van der Waals surface area contributed by atoms with Gasteiger partial charge in [0.1, 0.15) is 19.0 Å². The molecule has 1 amide bonds. The molecule has 1 N–H and O–H groups in total. The van der Waals surface area contributed by atoms with Crippen LogP contribution < -0.4 is 14.8 Å². The summed E-state index contributed by atoms with van der Waals surface area (Å²) >= 11 is 0. The maximum absolute atomic E-state index is 12.4. The average molecular weight is 398 g/mol. The summed E-state index contributed by atoms with van der Waals surface area (Å²) < 4.78 is 16.5. The lowest BCUT2D eigenvalue weighted by Gasteiger charge is -2.33. The molecule has 0 bridgehead atoms. The second-order valence-corrected chi connectivity index (χ2v) is 7.95. The molecule has 1 aromatic heterocycles. The van der Waals surface area contributed by atoms with Gasteiger partial charge in [-0.15, -0.1) is 0 Å². The molecular weight excluding hydrogens is 372 g/mol. The molecule has 29 heavy (non-hydrogen) atoms. The molecule has 0 atom stereocenters. The first-order chi connectivity index (χ1) is 14.2. The van der Waals surface area contributed by atoms with Crippen LogP contribution in [0.3, 0.4) is 0 Å². The minimum atomic E-state index is -0.0132. The highest BCUT2D eigenvalue weighted by Gasteiger charge is 2.28. The lowest BCUT2D eigenvalue weighted by Crippen LogP contribution is -2.48. The second-order valence-electron chi connectivity index (χ2n) is 7.95. The summed E-state index contributed by atoms with van der Waals surface area (Å²) in [6.07, 6.45) is 2.45. The van der Waals surface area contributed by atoms with Crippen LogP contribution in [0, 0.1) is 0 Å². The number of amides is 1. The van der Waals surface area contributed by atoms with Crippen LogP contribution in [-0.4, -0.2) is 66.8 Å². The van der Waals surface area contributed by atoms with Gasteiger partial charge in [-0.3, -0.25) is 14.6 Å². The van der Waals surface area contributed by atoms with Gasteiger partial charge in [0, 0.05) is 56.5 Å². The van der Waals surface area contributed by atoms with Gasteiger partial charge in [-0.05, 0) is 25.0 Å². The Balaban J connectivity index is 1.07. The number of nitrogens with one attached hydrogen (secondary N) is 1. The third-order valence-electron chi connectivity index (χ3n) is 5.60. The number of carbonyl (C=O) groups excluding carboxylic acids is 1. The number of anilines is 1. The van der Waals surface area contributed by atoms with Crippen molar-refractivity contribution >= 4 is 11.6 Å². The fraction of sp³-hybridized carbons (Fsp3) is 0.524. The van der Waals surface area contributed by atoms with Crippen molar-refractivity contribution in [2.24, 2.45) is 0 Å². The molecule has 1 saturated heterocycles. The summed E-state index contributed by atoms with van der Waals surface area (Å²) in [4.78, 5) is 17.0. The van der Waals surface area contributed by atoms with Crippen molar-refractivity contribution in [3.8, 4) is 11.5 Å². The number of rotatable bonds is 6. The highest BCUT2D eigenvalue weighted by molar-refractivity contribution is 5.92. The van der Waals surface area contributed by atoms with Crippen molar-refractivity contribution in [1.29, 1.82) is 0 Å². The van der Waals surface area contributed by atoms with E-state index >= 15 is 0 Å². The third-order valence-corrected chi connectivity index (χ3v) is 5.60. The van der Waals surface area contributed by atoms with Crippen LogP contribution in [-0.2, 0) is 11.3 Å². The fourth-order valence-electron chi connectivity index (χ4n) is 3.82. The van der Waals surface area contributed by atoms with Crippen molar-refractivity contribution in [3.63, 3.8) is 0 Å². The summed E-state index contributed by atoms with van der Waals surface area (Å²) in [5.41, 5.74) is 1.74. The molecule has 8 heteroatoms. The number of carbonyl (C=O) groups is 1. The average Bonchev–Trinajstić information content (AvgIpc) is 3.48. The zero-order valence-corrected chi connectivity index (χ0v) is 16.4. The molecular formula is C21H26N4O4. The monoisotopic (exact) mass is 398 g/mol. The number of benzene rings is 1. The molecule has 154 valence electrons. The van der Waals surface area contributed by atoms with Crippen molar-refractivity contribution in [2.45, 2.75) is 25.3 Å². The molecule has 0 radical (unpaired) electrons.